The average molecular weight is 295 g/mol. The quantitative estimate of drug-likeness (QED) is 0.875. The number of carbonyl (C=O) groups is 2. The summed E-state index contributed by atoms with van der Waals surface area (Å²) >= 11 is 0. The SMILES string of the molecule is Cc1cccc(CC(=O)C(=O)Nc2cccc(C)c2C)c1C. The topological polar surface area (TPSA) is 46.2 Å². The number of hydrogen-bond acceptors (Lipinski definition) is 2. The third-order valence-corrected chi connectivity index (χ3v) is 4.17. The van der Waals surface area contributed by atoms with Gasteiger partial charge in [-0.15, -0.1) is 0 Å². The van der Waals surface area contributed by atoms with Crippen molar-refractivity contribution in [3.63, 3.8) is 0 Å². The minimum absolute atomic E-state index is 0.129. The first-order valence-electron chi connectivity index (χ1n) is 7.35. The molecule has 0 aromatic heterocycles. The summed E-state index contributed by atoms with van der Waals surface area (Å²) in [6.45, 7) is 7.88. The summed E-state index contributed by atoms with van der Waals surface area (Å²) in [4.78, 5) is 24.3. The predicted octanol–water partition coefficient (Wildman–Crippen LogP) is 3.67. The minimum atomic E-state index is -0.561. The highest BCUT2D eigenvalue weighted by Crippen LogP contribution is 2.18. The predicted molar refractivity (Wildman–Crippen MR) is 89.2 cm³/mol. The standard InChI is InChI=1S/C19H21NO2/c1-12-7-5-9-16(14(12)3)11-18(21)19(22)20-17-10-6-8-13(2)15(17)4/h5-10H,11H2,1-4H3,(H,20,22). The molecule has 1 amide bonds. The molecular formula is C19H21NO2. The Morgan fingerprint density at radius 2 is 1.45 bits per heavy atom. The zero-order valence-corrected chi connectivity index (χ0v) is 13.5. The van der Waals surface area contributed by atoms with E-state index >= 15 is 0 Å². The second-order valence-corrected chi connectivity index (χ2v) is 5.66. The molecule has 22 heavy (non-hydrogen) atoms. The summed E-state index contributed by atoms with van der Waals surface area (Å²) in [5, 5.41) is 2.72. The van der Waals surface area contributed by atoms with Crippen LogP contribution in [0.3, 0.4) is 0 Å². The second kappa shape index (κ2) is 6.56. The van der Waals surface area contributed by atoms with E-state index in [1.807, 2.05) is 64.1 Å². The molecule has 3 heteroatoms. The van der Waals surface area contributed by atoms with Crippen LogP contribution >= 0.6 is 0 Å². The Hall–Kier alpha value is -2.42. The first kappa shape index (κ1) is 16.0. The Balaban J connectivity index is 2.11. The van der Waals surface area contributed by atoms with Crippen molar-refractivity contribution in [2.24, 2.45) is 0 Å². The lowest BCUT2D eigenvalue weighted by Crippen LogP contribution is -2.25. The van der Waals surface area contributed by atoms with Crippen LogP contribution < -0.4 is 5.32 Å². The Kier molecular flexibility index (Phi) is 4.76. The van der Waals surface area contributed by atoms with Gasteiger partial charge in [0.2, 0.25) is 5.78 Å². The lowest BCUT2D eigenvalue weighted by atomic mass is 9.99. The Labute approximate surface area is 131 Å². The summed E-state index contributed by atoms with van der Waals surface area (Å²) in [5.74, 6) is -0.982. The highest BCUT2D eigenvalue weighted by molar-refractivity contribution is 6.41. The largest absolute Gasteiger partial charge is 0.319 e. The van der Waals surface area contributed by atoms with Crippen molar-refractivity contribution in [2.75, 3.05) is 5.32 Å². The number of rotatable bonds is 4. The van der Waals surface area contributed by atoms with Gasteiger partial charge in [-0.25, -0.2) is 0 Å². The van der Waals surface area contributed by atoms with Crippen molar-refractivity contribution in [2.45, 2.75) is 34.1 Å². The van der Waals surface area contributed by atoms with Crippen LogP contribution in [0.5, 0.6) is 0 Å². The van der Waals surface area contributed by atoms with Crippen molar-refractivity contribution in [1.82, 2.24) is 0 Å². The molecule has 0 aliphatic carbocycles. The Morgan fingerprint density at radius 3 is 2.14 bits per heavy atom. The number of hydrogen-bond donors (Lipinski definition) is 1. The number of benzene rings is 2. The molecule has 1 N–H and O–H groups in total. The molecule has 2 aromatic rings. The maximum absolute atomic E-state index is 12.2. The molecule has 0 saturated carbocycles. The van der Waals surface area contributed by atoms with Crippen LogP contribution in [0.15, 0.2) is 36.4 Å². The number of ketones is 1. The first-order valence-corrected chi connectivity index (χ1v) is 7.35. The van der Waals surface area contributed by atoms with E-state index in [0.29, 0.717) is 5.69 Å². The van der Waals surface area contributed by atoms with Gasteiger partial charge in [-0.3, -0.25) is 9.59 Å². The maximum Gasteiger partial charge on any atom is 0.292 e. The van der Waals surface area contributed by atoms with E-state index in [-0.39, 0.29) is 6.42 Å². The molecule has 0 fully saturated rings. The lowest BCUT2D eigenvalue weighted by molar-refractivity contribution is -0.134. The van der Waals surface area contributed by atoms with Crippen molar-refractivity contribution in [3.05, 3.63) is 64.2 Å². The molecule has 0 spiro atoms. The van der Waals surface area contributed by atoms with Gasteiger partial charge in [0.25, 0.3) is 5.91 Å². The van der Waals surface area contributed by atoms with Crippen LogP contribution in [-0.4, -0.2) is 11.7 Å². The summed E-state index contributed by atoms with van der Waals surface area (Å²) in [7, 11) is 0. The van der Waals surface area contributed by atoms with E-state index in [0.717, 1.165) is 27.8 Å². The Bertz CT molecular complexity index is 669. The van der Waals surface area contributed by atoms with Crippen LogP contribution in [0.25, 0.3) is 0 Å². The third-order valence-electron chi connectivity index (χ3n) is 4.17. The molecule has 0 heterocycles. The molecule has 2 rings (SSSR count). The second-order valence-electron chi connectivity index (χ2n) is 5.66. The van der Waals surface area contributed by atoms with Crippen molar-refractivity contribution in [3.8, 4) is 0 Å². The molecule has 0 atom stereocenters. The number of aryl methyl sites for hydroxylation is 2. The summed E-state index contributed by atoms with van der Waals surface area (Å²) in [5.41, 5.74) is 5.85. The highest BCUT2D eigenvalue weighted by Gasteiger charge is 2.17. The molecule has 0 aliphatic heterocycles. The van der Waals surface area contributed by atoms with Crippen molar-refractivity contribution in [1.29, 1.82) is 0 Å². The smallest absolute Gasteiger partial charge is 0.292 e. The molecule has 0 saturated heterocycles. The number of amides is 1. The van der Waals surface area contributed by atoms with Gasteiger partial charge in [-0.2, -0.15) is 0 Å². The van der Waals surface area contributed by atoms with E-state index in [1.165, 1.54) is 0 Å². The molecule has 0 bridgehead atoms. The van der Waals surface area contributed by atoms with E-state index in [9.17, 15) is 9.59 Å². The van der Waals surface area contributed by atoms with Crippen LogP contribution in [-0.2, 0) is 16.0 Å². The number of Topliss-reactive ketones (excluding diaryl/α,β-unsaturated/α-hetero) is 1. The van der Waals surface area contributed by atoms with Crippen LogP contribution in [0.2, 0.25) is 0 Å². The Morgan fingerprint density at radius 1 is 0.864 bits per heavy atom. The van der Waals surface area contributed by atoms with Gasteiger partial charge in [-0.1, -0.05) is 30.3 Å². The zero-order valence-electron chi connectivity index (χ0n) is 13.5. The van der Waals surface area contributed by atoms with Crippen LogP contribution in [0.4, 0.5) is 5.69 Å². The number of carbonyl (C=O) groups excluding carboxylic acids is 2. The molecule has 114 valence electrons. The normalized spacial score (nSPS) is 10.4. The summed E-state index contributed by atoms with van der Waals surface area (Å²) in [6.07, 6.45) is 0.129. The van der Waals surface area contributed by atoms with Gasteiger partial charge in [-0.05, 0) is 61.6 Å². The zero-order chi connectivity index (χ0) is 16.3. The minimum Gasteiger partial charge on any atom is -0.319 e. The molecular weight excluding hydrogens is 274 g/mol. The van der Waals surface area contributed by atoms with E-state index in [1.54, 1.807) is 0 Å². The number of nitrogens with one attached hydrogen (secondary N) is 1. The molecule has 0 aliphatic rings. The van der Waals surface area contributed by atoms with Gasteiger partial charge in [0, 0.05) is 12.1 Å². The maximum atomic E-state index is 12.2. The molecule has 0 unspecified atom stereocenters. The molecule has 3 nitrogen and oxygen atoms in total. The first-order chi connectivity index (χ1) is 10.4. The summed E-state index contributed by atoms with van der Waals surface area (Å²) < 4.78 is 0. The molecule has 2 aromatic carbocycles. The summed E-state index contributed by atoms with van der Waals surface area (Å²) in [6, 6.07) is 11.5. The van der Waals surface area contributed by atoms with Gasteiger partial charge in [0.05, 0.1) is 0 Å². The highest BCUT2D eigenvalue weighted by atomic mass is 16.2. The third kappa shape index (κ3) is 3.42. The van der Waals surface area contributed by atoms with Crippen LogP contribution in [0.1, 0.15) is 27.8 Å². The van der Waals surface area contributed by atoms with Gasteiger partial charge < -0.3 is 5.32 Å². The van der Waals surface area contributed by atoms with Gasteiger partial charge in [0.1, 0.15) is 0 Å². The van der Waals surface area contributed by atoms with Crippen molar-refractivity contribution < 1.29 is 9.59 Å². The van der Waals surface area contributed by atoms with Crippen LogP contribution in [0, 0.1) is 27.7 Å². The monoisotopic (exact) mass is 295 g/mol. The fraction of sp³-hybridized carbons (Fsp3) is 0.263. The fourth-order valence-corrected chi connectivity index (χ4v) is 2.34. The van der Waals surface area contributed by atoms with Crippen molar-refractivity contribution >= 4 is 17.4 Å². The van der Waals surface area contributed by atoms with E-state index < -0.39 is 11.7 Å². The fourth-order valence-electron chi connectivity index (χ4n) is 2.34. The molecule has 0 radical (unpaired) electrons. The van der Waals surface area contributed by atoms with Gasteiger partial charge >= 0.3 is 0 Å². The lowest BCUT2D eigenvalue weighted by Gasteiger charge is -2.11. The number of anilines is 1. The van der Waals surface area contributed by atoms with E-state index in [2.05, 4.69) is 5.32 Å². The van der Waals surface area contributed by atoms with E-state index in [4.69, 9.17) is 0 Å². The average Bonchev–Trinajstić information content (AvgIpc) is 2.48. The van der Waals surface area contributed by atoms with Gasteiger partial charge in [0.15, 0.2) is 0 Å².